The number of thioether (sulfide) groups is 1. The molecule has 0 radical (unpaired) electrons. The van der Waals surface area contributed by atoms with E-state index < -0.39 is 0 Å². The van der Waals surface area contributed by atoms with Crippen molar-refractivity contribution in [3.63, 3.8) is 0 Å². The van der Waals surface area contributed by atoms with Crippen LogP contribution >= 0.6 is 11.8 Å². The number of rotatable bonds is 0. The highest BCUT2D eigenvalue weighted by Gasteiger charge is 2.41. The van der Waals surface area contributed by atoms with Crippen LogP contribution in [0.1, 0.15) is 0 Å². The molecule has 2 unspecified atom stereocenters. The number of hydrogen-bond acceptors (Lipinski definition) is 3. The van der Waals surface area contributed by atoms with Gasteiger partial charge in [0.15, 0.2) is 6.04 Å². The van der Waals surface area contributed by atoms with Crippen molar-refractivity contribution >= 4 is 23.2 Å². The van der Waals surface area contributed by atoms with Crippen molar-refractivity contribution in [2.24, 2.45) is 4.99 Å². The van der Waals surface area contributed by atoms with Crippen LogP contribution in [0.4, 0.5) is 0 Å². The molecule has 3 nitrogen and oxygen atoms in total. The van der Waals surface area contributed by atoms with Crippen molar-refractivity contribution in [3.8, 4) is 0 Å². The molecular formula is C4H4N2OS. The summed E-state index contributed by atoms with van der Waals surface area (Å²) < 4.78 is 0. The van der Waals surface area contributed by atoms with Crippen molar-refractivity contribution in [2.45, 2.75) is 11.4 Å². The van der Waals surface area contributed by atoms with Crippen LogP contribution in [-0.2, 0) is 4.79 Å². The Morgan fingerprint density at radius 1 is 1.88 bits per heavy atom. The SMILES string of the molecule is O=C1NC2SC=NC12. The number of carbonyl (C=O) groups is 1. The molecule has 1 fully saturated rings. The summed E-state index contributed by atoms with van der Waals surface area (Å²) in [5.74, 6) is 0.0660. The van der Waals surface area contributed by atoms with Gasteiger partial charge in [0.2, 0.25) is 5.91 Å². The van der Waals surface area contributed by atoms with Crippen LogP contribution in [0.2, 0.25) is 0 Å². The first-order valence-corrected chi connectivity index (χ1v) is 3.30. The van der Waals surface area contributed by atoms with Gasteiger partial charge in [-0.2, -0.15) is 0 Å². The highest BCUT2D eigenvalue weighted by atomic mass is 32.2. The van der Waals surface area contributed by atoms with E-state index in [2.05, 4.69) is 10.3 Å². The van der Waals surface area contributed by atoms with E-state index in [0.29, 0.717) is 0 Å². The monoisotopic (exact) mass is 128 g/mol. The molecule has 1 saturated heterocycles. The largest absolute Gasteiger partial charge is 0.339 e. The molecule has 0 aliphatic carbocycles. The molecular weight excluding hydrogens is 124 g/mol. The minimum Gasteiger partial charge on any atom is -0.339 e. The molecule has 0 aromatic rings. The number of hydrogen-bond donors (Lipinski definition) is 1. The maximum absolute atomic E-state index is 10.5. The number of carbonyl (C=O) groups excluding carboxylic acids is 1. The molecule has 0 spiro atoms. The van der Waals surface area contributed by atoms with E-state index in [0.717, 1.165) is 0 Å². The van der Waals surface area contributed by atoms with Gasteiger partial charge in [0.05, 0.1) is 5.55 Å². The van der Waals surface area contributed by atoms with Gasteiger partial charge in [-0.25, -0.2) is 0 Å². The van der Waals surface area contributed by atoms with Crippen molar-refractivity contribution in [1.82, 2.24) is 5.32 Å². The van der Waals surface area contributed by atoms with Gasteiger partial charge in [-0.05, 0) is 0 Å². The molecule has 4 heteroatoms. The number of aliphatic imine (C=N–C) groups is 1. The Kier molecular flexibility index (Phi) is 0.686. The molecule has 2 aliphatic rings. The third-order valence-electron chi connectivity index (χ3n) is 1.27. The van der Waals surface area contributed by atoms with Crippen LogP contribution in [0.5, 0.6) is 0 Å². The molecule has 2 atom stereocenters. The lowest BCUT2D eigenvalue weighted by Crippen LogP contribution is -2.57. The minimum atomic E-state index is -0.0556. The van der Waals surface area contributed by atoms with Crippen LogP contribution in [0.25, 0.3) is 0 Å². The van der Waals surface area contributed by atoms with Gasteiger partial charge < -0.3 is 5.32 Å². The lowest BCUT2D eigenvalue weighted by Gasteiger charge is -2.27. The van der Waals surface area contributed by atoms with Gasteiger partial charge in [-0.3, -0.25) is 9.79 Å². The Balaban J connectivity index is 2.21. The zero-order valence-corrected chi connectivity index (χ0v) is 4.81. The lowest BCUT2D eigenvalue weighted by atomic mass is 10.2. The van der Waals surface area contributed by atoms with Crippen molar-refractivity contribution < 1.29 is 4.79 Å². The summed E-state index contributed by atoms with van der Waals surface area (Å²) in [5.41, 5.74) is 1.73. The Morgan fingerprint density at radius 2 is 2.75 bits per heavy atom. The molecule has 2 heterocycles. The highest BCUT2D eigenvalue weighted by molar-refractivity contribution is 8.13. The Morgan fingerprint density at radius 3 is 3.25 bits per heavy atom. The van der Waals surface area contributed by atoms with Gasteiger partial charge in [-0.15, -0.1) is 0 Å². The minimum absolute atomic E-state index is 0.0556. The topological polar surface area (TPSA) is 41.5 Å². The summed E-state index contributed by atoms with van der Waals surface area (Å²) in [6.45, 7) is 0. The molecule has 0 saturated carbocycles. The van der Waals surface area contributed by atoms with Crippen molar-refractivity contribution in [2.75, 3.05) is 0 Å². The van der Waals surface area contributed by atoms with E-state index in [1.807, 2.05) is 0 Å². The molecule has 1 N–H and O–H groups in total. The summed E-state index contributed by atoms with van der Waals surface area (Å²) in [7, 11) is 0. The van der Waals surface area contributed by atoms with Gasteiger partial charge in [-0.1, -0.05) is 11.8 Å². The third-order valence-corrected chi connectivity index (χ3v) is 2.18. The molecule has 8 heavy (non-hydrogen) atoms. The molecule has 2 rings (SSSR count). The van der Waals surface area contributed by atoms with Gasteiger partial charge in [0.25, 0.3) is 0 Å². The second kappa shape index (κ2) is 1.25. The van der Waals surface area contributed by atoms with E-state index in [-0.39, 0.29) is 17.3 Å². The zero-order chi connectivity index (χ0) is 5.56. The van der Waals surface area contributed by atoms with E-state index >= 15 is 0 Å². The number of nitrogens with zero attached hydrogens (tertiary/aromatic N) is 1. The Bertz CT molecular complexity index is 167. The molecule has 2 aliphatic heterocycles. The number of amides is 1. The van der Waals surface area contributed by atoms with E-state index in [4.69, 9.17) is 0 Å². The quantitative estimate of drug-likeness (QED) is 0.450. The second-order valence-electron chi connectivity index (χ2n) is 1.76. The van der Waals surface area contributed by atoms with Gasteiger partial charge >= 0.3 is 0 Å². The standard InChI is InChI=1S/C4H4N2OS/c7-3-2-4(6-3)8-1-5-2/h1-2,4H,(H,6,7). The maximum Gasteiger partial charge on any atom is 0.248 e. The summed E-state index contributed by atoms with van der Waals surface area (Å²) in [6, 6.07) is -0.0556. The van der Waals surface area contributed by atoms with Gasteiger partial charge in [0, 0.05) is 0 Å². The summed E-state index contributed by atoms with van der Waals surface area (Å²) in [6.07, 6.45) is 0. The number of β-lactam (4-membered cyclic amide) rings is 1. The summed E-state index contributed by atoms with van der Waals surface area (Å²) >= 11 is 1.57. The van der Waals surface area contributed by atoms with Crippen molar-refractivity contribution in [3.05, 3.63) is 0 Å². The van der Waals surface area contributed by atoms with Crippen LogP contribution in [0, 0.1) is 0 Å². The molecule has 1 amide bonds. The number of nitrogens with one attached hydrogen (secondary N) is 1. The van der Waals surface area contributed by atoms with E-state index in [9.17, 15) is 4.79 Å². The fourth-order valence-corrected chi connectivity index (χ4v) is 1.63. The zero-order valence-electron chi connectivity index (χ0n) is 4.00. The fourth-order valence-electron chi connectivity index (χ4n) is 0.766. The second-order valence-corrected chi connectivity index (χ2v) is 2.76. The first-order chi connectivity index (χ1) is 3.88. The Labute approximate surface area is 50.6 Å². The normalized spacial score (nSPS) is 40.8. The summed E-state index contributed by atoms with van der Waals surface area (Å²) in [4.78, 5) is 14.4. The first-order valence-electron chi connectivity index (χ1n) is 2.35. The first kappa shape index (κ1) is 4.38. The number of fused-ring (bicyclic) bond motifs is 1. The van der Waals surface area contributed by atoms with Crippen LogP contribution in [0.15, 0.2) is 4.99 Å². The van der Waals surface area contributed by atoms with Crippen LogP contribution in [-0.4, -0.2) is 22.9 Å². The van der Waals surface area contributed by atoms with E-state index in [1.165, 1.54) is 0 Å². The predicted octanol–water partition coefficient (Wildman–Crippen LogP) is -0.414. The highest BCUT2D eigenvalue weighted by Crippen LogP contribution is 2.26. The lowest BCUT2D eigenvalue weighted by molar-refractivity contribution is -0.127. The summed E-state index contributed by atoms with van der Waals surface area (Å²) in [5, 5.41) is 2.97. The average molecular weight is 128 g/mol. The van der Waals surface area contributed by atoms with Crippen molar-refractivity contribution in [1.29, 1.82) is 0 Å². The molecule has 42 valence electrons. The fraction of sp³-hybridized carbons (Fsp3) is 0.500. The molecule has 0 aromatic heterocycles. The van der Waals surface area contributed by atoms with Gasteiger partial charge in [0.1, 0.15) is 5.37 Å². The predicted molar refractivity (Wildman–Crippen MR) is 31.8 cm³/mol. The molecule has 0 aromatic carbocycles. The molecule has 0 bridgehead atoms. The third kappa shape index (κ3) is 0.362. The van der Waals surface area contributed by atoms with Crippen LogP contribution in [0.3, 0.4) is 0 Å². The smallest absolute Gasteiger partial charge is 0.248 e. The Hall–Kier alpha value is -0.510. The maximum atomic E-state index is 10.5. The average Bonchev–Trinajstić information content (AvgIpc) is 2.09. The van der Waals surface area contributed by atoms with Crippen LogP contribution < -0.4 is 5.32 Å². The van der Waals surface area contributed by atoms with E-state index in [1.54, 1.807) is 17.3 Å².